The number of thioether (sulfide) groups is 1. The minimum atomic E-state index is -0.742. The topological polar surface area (TPSA) is 78.6 Å². The number of halogens is 1. The second-order valence-electron chi connectivity index (χ2n) is 6.83. The van der Waals surface area contributed by atoms with Crippen LogP contribution < -0.4 is 14.2 Å². The first-order valence-corrected chi connectivity index (χ1v) is 10.7. The number of benzene rings is 2. The molecule has 4 rings (SSSR count). The Balaban J connectivity index is 1.38. The summed E-state index contributed by atoms with van der Waals surface area (Å²) in [5.41, 5.74) is 0. The number of aliphatic hydroxyl groups is 1. The van der Waals surface area contributed by atoms with Gasteiger partial charge in [0.15, 0.2) is 28.6 Å². The highest BCUT2D eigenvalue weighted by Gasteiger charge is 2.28. The lowest BCUT2D eigenvalue weighted by Gasteiger charge is -2.26. The molecule has 0 saturated heterocycles. The van der Waals surface area contributed by atoms with Crippen LogP contribution >= 0.6 is 11.8 Å². The molecule has 0 spiro atoms. The van der Waals surface area contributed by atoms with Crippen molar-refractivity contribution in [2.24, 2.45) is 0 Å². The third-order valence-corrected chi connectivity index (χ3v) is 5.63. The van der Waals surface area contributed by atoms with Crippen LogP contribution in [0.5, 0.6) is 17.2 Å². The average Bonchev–Trinajstić information content (AvgIpc) is 3.19. The molecule has 0 fully saturated rings. The minimum absolute atomic E-state index is 0.0808. The van der Waals surface area contributed by atoms with Gasteiger partial charge >= 0.3 is 0 Å². The Labute approximate surface area is 183 Å². The van der Waals surface area contributed by atoms with Gasteiger partial charge in [0.1, 0.15) is 24.8 Å². The summed E-state index contributed by atoms with van der Waals surface area (Å²) in [6.45, 7) is 4.71. The van der Waals surface area contributed by atoms with E-state index in [-0.39, 0.29) is 12.4 Å². The van der Waals surface area contributed by atoms with Gasteiger partial charge in [-0.05, 0) is 36.4 Å². The van der Waals surface area contributed by atoms with Gasteiger partial charge in [-0.2, -0.15) is 0 Å². The Morgan fingerprint density at radius 2 is 2.00 bits per heavy atom. The summed E-state index contributed by atoms with van der Waals surface area (Å²) < 4.78 is 32.2. The van der Waals surface area contributed by atoms with Crippen LogP contribution in [0.25, 0.3) is 0 Å². The fourth-order valence-electron chi connectivity index (χ4n) is 3.03. The molecule has 0 radical (unpaired) electrons. The largest absolute Gasteiger partial charge is 0.491 e. The van der Waals surface area contributed by atoms with Gasteiger partial charge in [-0.1, -0.05) is 30.0 Å². The Morgan fingerprint density at radius 1 is 1.23 bits per heavy atom. The third kappa shape index (κ3) is 5.18. The number of ether oxygens (including phenoxy) is 3. The molecular weight excluding hydrogens is 421 g/mol. The van der Waals surface area contributed by atoms with E-state index in [9.17, 15) is 9.50 Å². The Bertz CT molecular complexity index is 1030. The van der Waals surface area contributed by atoms with Crippen LogP contribution in [0.2, 0.25) is 0 Å². The predicted octanol–water partition coefficient (Wildman–Crippen LogP) is 3.65. The minimum Gasteiger partial charge on any atom is -0.491 e. The van der Waals surface area contributed by atoms with Gasteiger partial charge in [-0.15, -0.1) is 16.8 Å². The molecule has 1 aliphatic rings. The van der Waals surface area contributed by atoms with Crippen LogP contribution in [0, 0.1) is 5.82 Å². The molecule has 3 aromatic rings. The van der Waals surface area contributed by atoms with Crippen molar-refractivity contribution >= 4 is 11.8 Å². The summed E-state index contributed by atoms with van der Waals surface area (Å²) in [5.74, 6) is 2.51. The van der Waals surface area contributed by atoms with E-state index in [2.05, 4.69) is 16.8 Å². The SMILES string of the molecule is C=CCn1c(SC[C@@H](O)COc2ccc(F)cc2)nnc1[C@@H]1COc2ccccc2O1. The molecule has 1 N–H and O–H groups in total. The smallest absolute Gasteiger partial charge is 0.192 e. The summed E-state index contributed by atoms with van der Waals surface area (Å²) in [5, 5.41) is 19.5. The molecule has 2 aromatic carbocycles. The van der Waals surface area contributed by atoms with E-state index in [0.29, 0.717) is 47.1 Å². The number of rotatable bonds is 9. The molecule has 0 bridgehead atoms. The maximum atomic E-state index is 13.0. The van der Waals surface area contributed by atoms with Crippen LogP contribution in [0.3, 0.4) is 0 Å². The Kier molecular flexibility index (Phi) is 6.73. The normalized spacial score (nSPS) is 16.0. The highest BCUT2D eigenvalue weighted by atomic mass is 32.2. The van der Waals surface area contributed by atoms with Crippen molar-refractivity contribution in [3.05, 3.63) is 72.8 Å². The van der Waals surface area contributed by atoms with E-state index < -0.39 is 12.2 Å². The Hall–Kier alpha value is -3.04. The molecule has 1 aromatic heterocycles. The fraction of sp³-hybridized carbons (Fsp3) is 0.273. The molecule has 2 atom stereocenters. The van der Waals surface area contributed by atoms with Crippen molar-refractivity contribution in [1.82, 2.24) is 14.8 Å². The predicted molar refractivity (Wildman–Crippen MR) is 114 cm³/mol. The Morgan fingerprint density at radius 3 is 2.77 bits per heavy atom. The molecule has 31 heavy (non-hydrogen) atoms. The first kappa shape index (κ1) is 21.2. The van der Waals surface area contributed by atoms with Gasteiger partial charge in [0.2, 0.25) is 0 Å². The van der Waals surface area contributed by atoms with E-state index in [1.807, 2.05) is 28.8 Å². The molecule has 162 valence electrons. The third-order valence-electron chi connectivity index (χ3n) is 4.51. The molecule has 0 saturated carbocycles. The second kappa shape index (κ2) is 9.84. The van der Waals surface area contributed by atoms with Crippen LogP contribution in [-0.4, -0.2) is 44.9 Å². The van der Waals surface area contributed by atoms with Gasteiger partial charge in [0.05, 0.1) is 6.10 Å². The molecule has 0 aliphatic carbocycles. The van der Waals surface area contributed by atoms with E-state index in [4.69, 9.17) is 14.2 Å². The molecule has 9 heteroatoms. The highest BCUT2D eigenvalue weighted by molar-refractivity contribution is 7.99. The zero-order chi connectivity index (χ0) is 21.6. The zero-order valence-corrected chi connectivity index (χ0v) is 17.5. The van der Waals surface area contributed by atoms with Crippen LogP contribution in [0.15, 0.2) is 66.3 Å². The first-order chi connectivity index (χ1) is 15.1. The lowest BCUT2D eigenvalue weighted by molar-refractivity contribution is 0.0821. The van der Waals surface area contributed by atoms with Crippen LogP contribution in [-0.2, 0) is 6.54 Å². The highest BCUT2D eigenvalue weighted by Crippen LogP contribution is 2.36. The number of hydrogen-bond donors (Lipinski definition) is 1. The molecule has 0 amide bonds. The summed E-state index contributed by atoms with van der Waals surface area (Å²) in [6, 6.07) is 13.1. The average molecular weight is 444 g/mol. The number of aliphatic hydroxyl groups excluding tert-OH is 1. The number of hydrogen-bond acceptors (Lipinski definition) is 7. The first-order valence-electron chi connectivity index (χ1n) is 9.75. The molecule has 2 heterocycles. The standard InChI is InChI=1S/C22H22FN3O4S/c1-2-11-26-21(20-13-29-18-5-3-4-6-19(18)30-20)24-25-22(26)31-14-16(27)12-28-17-9-7-15(23)8-10-17/h2-10,16,20,27H,1,11-14H2/t16-,20-/m0/s1. The van der Waals surface area contributed by atoms with Crippen molar-refractivity contribution in [3.8, 4) is 17.2 Å². The second-order valence-corrected chi connectivity index (χ2v) is 7.82. The van der Waals surface area contributed by atoms with Crippen molar-refractivity contribution in [2.45, 2.75) is 23.9 Å². The quantitative estimate of drug-likeness (QED) is 0.400. The van der Waals surface area contributed by atoms with Gasteiger partial charge < -0.3 is 19.3 Å². The van der Waals surface area contributed by atoms with E-state index in [1.165, 1.54) is 36.0 Å². The van der Waals surface area contributed by atoms with Gasteiger partial charge in [-0.3, -0.25) is 4.57 Å². The zero-order valence-electron chi connectivity index (χ0n) is 16.7. The molecule has 1 aliphatic heterocycles. The van der Waals surface area contributed by atoms with Gasteiger partial charge in [0.25, 0.3) is 0 Å². The lowest BCUT2D eigenvalue weighted by atomic mass is 10.2. The van der Waals surface area contributed by atoms with Crippen molar-refractivity contribution < 1.29 is 23.7 Å². The molecule has 0 unspecified atom stereocenters. The number of fused-ring (bicyclic) bond motifs is 1. The number of allylic oxidation sites excluding steroid dienone is 1. The maximum absolute atomic E-state index is 13.0. The van der Waals surface area contributed by atoms with E-state index >= 15 is 0 Å². The van der Waals surface area contributed by atoms with E-state index in [1.54, 1.807) is 6.08 Å². The fourth-order valence-corrected chi connectivity index (χ4v) is 3.89. The van der Waals surface area contributed by atoms with Gasteiger partial charge in [-0.25, -0.2) is 4.39 Å². The maximum Gasteiger partial charge on any atom is 0.192 e. The van der Waals surface area contributed by atoms with Crippen molar-refractivity contribution in [1.29, 1.82) is 0 Å². The summed E-state index contributed by atoms with van der Waals surface area (Å²) in [6.07, 6.45) is 0.611. The lowest BCUT2D eigenvalue weighted by Crippen LogP contribution is -2.25. The summed E-state index contributed by atoms with van der Waals surface area (Å²) in [7, 11) is 0. The van der Waals surface area contributed by atoms with Crippen molar-refractivity contribution in [2.75, 3.05) is 19.0 Å². The number of aromatic nitrogens is 3. The number of nitrogens with zero attached hydrogens (tertiary/aromatic N) is 3. The summed E-state index contributed by atoms with van der Waals surface area (Å²) >= 11 is 1.36. The van der Waals surface area contributed by atoms with Crippen LogP contribution in [0.4, 0.5) is 4.39 Å². The molecular formula is C22H22FN3O4S. The van der Waals surface area contributed by atoms with Gasteiger partial charge in [0, 0.05) is 12.3 Å². The monoisotopic (exact) mass is 443 g/mol. The van der Waals surface area contributed by atoms with Crippen molar-refractivity contribution in [3.63, 3.8) is 0 Å². The number of para-hydroxylation sites is 2. The summed E-state index contributed by atoms with van der Waals surface area (Å²) in [4.78, 5) is 0. The van der Waals surface area contributed by atoms with Crippen LogP contribution in [0.1, 0.15) is 11.9 Å². The molecule has 7 nitrogen and oxygen atoms in total. The van der Waals surface area contributed by atoms with E-state index in [0.717, 1.165) is 0 Å².